The number of fused-ring (bicyclic) bond motifs is 3. The largest absolute Gasteiger partial charge is 0.476 e. The summed E-state index contributed by atoms with van der Waals surface area (Å²) in [5.74, 6) is 1.97. The van der Waals surface area contributed by atoms with Crippen LogP contribution in [0.4, 0.5) is 22.6 Å². The van der Waals surface area contributed by atoms with Crippen molar-refractivity contribution in [2.75, 3.05) is 49.6 Å². The first-order valence-corrected chi connectivity index (χ1v) is 23.7. The molecule has 0 spiro atoms. The number of pyridine rings is 1. The number of carboxylic acids is 1. The Bertz CT molecular complexity index is 2400. The summed E-state index contributed by atoms with van der Waals surface area (Å²) < 4.78 is 3.24. The van der Waals surface area contributed by atoms with Crippen LogP contribution in [0, 0.1) is 41.9 Å². The lowest BCUT2D eigenvalue weighted by Crippen LogP contribution is -2.46. The zero-order chi connectivity index (χ0) is 43.2. The lowest BCUT2D eigenvalue weighted by molar-refractivity contribution is -0.0651. The van der Waals surface area contributed by atoms with E-state index in [-0.39, 0.29) is 24.3 Å². The monoisotopic (exact) mass is 861 g/mol. The van der Waals surface area contributed by atoms with Gasteiger partial charge in [0.2, 0.25) is 0 Å². The lowest BCUT2D eigenvalue weighted by atomic mass is 9.48. The second-order valence-electron chi connectivity index (χ2n) is 19.9. The number of aliphatic hydroxyl groups excluding tert-OH is 2. The van der Waals surface area contributed by atoms with Crippen LogP contribution in [0.25, 0.3) is 21.3 Å². The molecule has 1 aliphatic heterocycles. The van der Waals surface area contributed by atoms with Crippen LogP contribution in [0.5, 0.6) is 0 Å². The number of aromatic carboxylic acids is 1. The Balaban J connectivity index is 0.923. The van der Waals surface area contributed by atoms with Crippen molar-refractivity contribution in [3.05, 3.63) is 65.1 Å². The summed E-state index contributed by atoms with van der Waals surface area (Å²) in [6.07, 6.45) is 15.1. The molecule has 4 saturated carbocycles. The van der Waals surface area contributed by atoms with Crippen LogP contribution in [-0.2, 0) is 13.0 Å². The fraction of sp³-hybridized carbons (Fsp3) is 0.583. The van der Waals surface area contributed by atoms with E-state index in [1.807, 2.05) is 41.4 Å². The Kier molecular flexibility index (Phi) is 11.9. The predicted octanol–water partition coefficient (Wildman–Crippen LogP) is 8.95. The lowest BCUT2D eigenvalue weighted by Gasteiger charge is -2.57. The molecular formula is C48H63N9O4S. The molecule has 4 aromatic heterocycles. The topological polar surface area (TPSA) is 166 Å². The molecule has 0 radical (unpaired) electrons. The quantitative estimate of drug-likeness (QED) is 0.0703. The molecule has 13 nitrogen and oxygen atoms in total. The van der Waals surface area contributed by atoms with Crippen molar-refractivity contribution in [2.45, 2.75) is 111 Å². The highest BCUT2D eigenvalue weighted by atomic mass is 32.1. The van der Waals surface area contributed by atoms with Crippen molar-refractivity contribution in [3.8, 4) is 11.1 Å². The zero-order valence-corrected chi connectivity index (χ0v) is 37.7. The van der Waals surface area contributed by atoms with Gasteiger partial charge in [-0.25, -0.2) is 14.8 Å². The summed E-state index contributed by atoms with van der Waals surface area (Å²) in [5, 5.41) is 47.9. The average Bonchev–Trinajstić information content (AvgIpc) is 3.79. The van der Waals surface area contributed by atoms with Gasteiger partial charge in [-0.1, -0.05) is 37.3 Å². The van der Waals surface area contributed by atoms with E-state index in [9.17, 15) is 20.1 Å². The first-order valence-electron chi connectivity index (χ1n) is 22.9. The summed E-state index contributed by atoms with van der Waals surface area (Å²) in [4.78, 5) is 26.9. The van der Waals surface area contributed by atoms with E-state index in [0.29, 0.717) is 52.2 Å². The highest BCUT2D eigenvalue weighted by molar-refractivity contribution is 7.22. The van der Waals surface area contributed by atoms with Crippen LogP contribution in [0.2, 0.25) is 0 Å². The molecule has 0 amide bonds. The third-order valence-corrected chi connectivity index (χ3v) is 15.8. The van der Waals surface area contributed by atoms with Gasteiger partial charge < -0.3 is 30.4 Å². The van der Waals surface area contributed by atoms with Gasteiger partial charge in [0.25, 0.3) is 0 Å². The number of hydrogen-bond donors (Lipinski definition) is 4. The minimum atomic E-state index is -1.07. The number of nitrogens with zero attached hydrogens (tertiary/aromatic N) is 8. The molecule has 5 heterocycles. The number of hydrogen-bond acceptors (Lipinski definition) is 12. The van der Waals surface area contributed by atoms with Gasteiger partial charge in [0.05, 0.1) is 16.4 Å². The van der Waals surface area contributed by atoms with Gasteiger partial charge in [0.1, 0.15) is 5.82 Å². The van der Waals surface area contributed by atoms with Crippen LogP contribution in [0.1, 0.15) is 112 Å². The molecule has 4 N–H and O–H groups in total. The molecule has 14 heteroatoms. The number of carboxylic acid groups (broad SMARTS) is 1. The number of benzene rings is 1. The van der Waals surface area contributed by atoms with Gasteiger partial charge in [0, 0.05) is 67.3 Å². The highest BCUT2D eigenvalue weighted by Crippen LogP contribution is 2.69. The Hall–Kier alpha value is -4.50. The predicted molar refractivity (Wildman–Crippen MR) is 245 cm³/mol. The van der Waals surface area contributed by atoms with E-state index in [1.165, 1.54) is 44.9 Å². The molecule has 5 atom stereocenters. The van der Waals surface area contributed by atoms with E-state index in [2.05, 4.69) is 58.9 Å². The fourth-order valence-corrected chi connectivity index (χ4v) is 13.9. The molecular weight excluding hydrogens is 799 g/mol. The third-order valence-electron chi connectivity index (χ3n) is 14.8. The standard InChI is InChI=1S/C48H63N9O4S/c1-31-35-11-7-20-56(43(35)54-53-42(31)52-45-50-38-12-5-6-13-39(38)62-45)40-15-14-36(41(51-40)44(60)61)37-26-49-57(32(37)2)27-34-24-47(4)28-46(3)23-33(34)25-48(29-46,30-47)16-8-17-55(18-9-21-58)19-10-22-59/h5-6,12-15,26,33-34,58-59H,7-11,16-25,27-30H2,1-4H3,(H,60,61)(H,50,52,53). The van der Waals surface area contributed by atoms with Gasteiger partial charge in [0.15, 0.2) is 22.5 Å². The van der Waals surface area contributed by atoms with Crippen LogP contribution in [-0.4, -0.2) is 95.5 Å². The maximum absolute atomic E-state index is 13.0. The maximum Gasteiger partial charge on any atom is 0.355 e. The molecule has 5 unspecified atom stereocenters. The van der Waals surface area contributed by atoms with E-state index < -0.39 is 5.97 Å². The van der Waals surface area contributed by atoms with Crippen molar-refractivity contribution >= 4 is 50.1 Å². The molecule has 4 bridgehead atoms. The van der Waals surface area contributed by atoms with Crippen molar-refractivity contribution < 1.29 is 20.1 Å². The van der Waals surface area contributed by atoms with Gasteiger partial charge in [-0.05, 0) is 150 Å². The summed E-state index contributed by atoms with van der Waals surface area (Å²) in [7, 11) is 0. The summed E-state index contributed by atoms with van der Waals surface area (Å²) >= 11 is 1.58. The second kappa shape index (κ2) is 17.2. The molecule has 4 fully saturated rings. The van der Waals surface area contributed by atoms with Gasteiger partial charge in [-0.15, -0.1) is 10.2 Å². The molecule has 10 rings (SSSR count). The van der Waals surface area contributed by atoms with Gasteiger partial charge in [-0.3, -0.25) is 4.68 Å². The van der Waals surface area contributed by atoms with Crippen molar-refractivity contribution in [3.63, 3.8) is 0 Å². The Morgan fingerprint density at radius 1 is 0.919 bits per heavy atom. The molecule has 330 valence electrons. The minimum absolute atomic E-state index is 0.00940. The number of carbonyl (C=O) groups is 1. The average molecular weight is 862 g/mol. The molecule has 62 heavy (non-hydrogen) atoms. The van der Waals surface area contributed by atoms with Gasteiger partial charge in [-0.2, -0.15) is 5.10 Å². The summed E-state index contributed by atoms with van der Waals surface area (Å²) in [5.41, 5.74) is 6.35. The smallest absolute Gasteiger partial charge is 0.355 e. The second-order valence-corrected chi connectivity index (χ2v) is 21.0. The fourth-order valence-electron chi connectivity index (χ4n) is 13.0. The van der Waals surface area contributed by atoms with E-state index >= 15 is 0 Å². The van der Waals surface area contributed by atoms with E-state index in [0.717, 1.165) is 96.0 Å². The molecule has 1 aromatic carbocycles. The maximum atomic E-state index is 13.0. The van der Waals surface area contributed by atoms with Crippen LogP contribution in [0.3, 0.4) is 0 Å². The van der Waals surface area contributed by atoms with Crippen LogP contribution in [0.15, 0.2) is 42.6 Å². The van der Waals surface area contributed by atoms with E-state index in [1.54, 1.807) is 11.3 Å². The van der Waals surface area contributed by atoms with Gasteiger partial charge >= 0.3 is 5.97 Å². The Morgan fingerprint density at radius 2 is 1.68 bits per heavy atom. The molecule has 5 aromatic rings. The van der Waals surface area contributed by atoms with Crippen molar-refractivity contribution in [1.82, 2.24) is 34.8 Å². The number of para-hydroxylation sites is 1. The molecule has 5 aliphatic rings. The highest BCUT2D eigenvalue weighted by Gasteiger charge is 2.59. The number of nitrogens with one attached hydrogen (secondary N) is 1. The third kappa shape index (κ3) is 8.47. The Morgan fingerprint density at radius 3 is 2.44 bits per heavy atom. The minimum Gasteiger partial charge on any atom is -0.476 e. The first kappa shape index (κ1) is 42.8. The molecule has 0 saturated heterocycles. The number of aromatic nitrogens is 6. The normalized spacial score (nSPS) is 25.4. The van der Waals surface area contributed by atoms with E-state index in [4.69, 9.17) is 15.1 Å². The first-order chi connectivity index (χ1) is 29.9. The zero-order valence-electron chi connectivity index (χ0n) is 36.9. The SMILES string of the molecule is Cc1c(Nc2nc3ccccc3s2)nnc2c1CCCN2c1ccc(-c2cnn(CC3CC4(C)CC5(C)CC3CC(CCCN(CCCO)CCCO)(C4)C5)c2C)c(C(=O)O)n1. The summed E-state index contributed by atoms with van der Waals surface area (Å²) in [6, 6.07) is 11.9. The number of anilines is 4. The molecule has 4 aliphatic carbocycles. The number of rotatable bonds is 17. The number of aliphatic hydroxyl groups is 2. The van der Waals surface area contributed by atoms with Crippen LogP contribution < -0.4 is 10.2 Å². The van der Waals surface area contributed by atoms with Crippen molar-refractivity contribution in [1.29, 1.82) is 0 Å². The Labute approximate surface area is 369 Å². The summed E-state index contributed by atoms with van der Waals surface area (Å²) in [6.45, 7) is 13.9. The van der Waals surface area contributed by atoms with Crippen LogP contribution >= 0.6 is 11.3 Å². The van der Waals surface area contributed by atoms with Crippen molar-refractivity contribution in [2.24, 2.45) is 28.1 Å². The number of thiazole rings is 1.